The number of hydrogen-bond acceptors (Lipinski definition) is 3. The molecule has 0 fully saturated rings. The van der Waals surface area contributed by atoms with E-state index in [-0.39, 0.29) is 17.8 Å². The summed E-state index contributed by atoms with van der Waals surface area (Å²) in [6, 6.07) is 14.4. The summed E-state index contributed by atoms with van der Waals surface area (Å²) in [5.74, 6) is -1.00. The fraction of sp³-hybridized carbons (Fsp3) is 0.174. The third kappa shape index (κ3) is 4.46. The molecule has 1 unspecified atom stereocenters. The summed E-state index contributed by atoms with van der Waals surface area (Å²) in [5, 5.41) is 2.84. The van der Waals surface area contributed by atoms with E-state index in [1.807, 2.05) is 28.8 Å². The number of alkyl halides is 3. The van der Waals surface area contributed by atoms with E-state index in [1.54, 1.807) is 18.5 Å². The number of nitrogens with zero attached hydrogens (tertiary/aromatic N) is 3. The van der Waals surface area contributed by atoms with Crippen molar-refractivity contribution in [3.63, 3.8) is 0 Å². The van der Waals surface area contributed by atoms with Crippen LogP contribution in [0, 0.1) is 12.7 Å². The monoisotopic (exact) mass is 442 g/mol. The highest BCUT2D eigenvalue weighted by molar-refractivity contribution is 5.95. The van der Waals surface area contributed by atoms with Crippen molar-refractivity contribution in [2.24, 2.45) is 0 Å². The molecule has 2 heterocycles. The van der Waals surface area contributed by atoms with Gasteiger partial charge in [0, 0.05) is 6.54 Å². The number of nitrogens with one attached hydrogen (secondary N) is 1. The quantitative estimate of drug-likeness (QED) is 0.439. The predicted octanol–water partition coefficient (Wildman–Crippen LogP) is 5.07. The van der Waals surface area contributed by atoms with Gasteiger partial charge in [0.1, 0.15) is 11.5 Å². The fourth-order valence-corrected chi connectivity index (χ4v) is 3.48. The molecule has 0 radical (unpaired) electrons. The van der Waals surface area contributed by atoms with Crippen LogP contribution in [0.4, 0.5) is 17.6 Å². The molecule has 0 bridgehead atoms. The van der Waals surface area contributed by atoms with Crippen LogP contribution in [0.15, 0.2) is 67.0 Å². The van der Waals surface area contributed by atoms with Gasteiger partial charge in [-0.2, -0.15) is 13.2 Å². The molecule has 0 aliphatic carbocycles. The van der Waals surface area contributed by atoms with Crippen LogP contribution in [0.1, 0.15) is 33.4 Å². The van der Waals surface area contributed by atoms with Crippen molar-refractivity contribution in [3.8, 4) is 0 Å². The van der Waals surface area contributed by atoms with Gasteiger partial charge in [0.25, 0.3) is 5.91 Å². The molecule has 1 N–H and O–H groups in total. The molecular weight excluding hydrogens is 424 g/mol. The van der Waals surface area contributed by atoms with Crippen molar-refractivity contribution < 1.29 is 22.4 Å². The van der Waals surface area contributed by atoms with Crippen molar-refractivity contribution in [1.82, 2.24) is 19.9 Å². The van der Waals surface area contributed by atoms with Gasteiger partial charge in [-0.05, 0) is 48.9 Å². The second-order valence-corrected chi connectivity index (χ2v) is 7.29. The molecule has 32 heavy (non-hydrogen) atoms. The van der Waals surface area contributed by atoms with Gasteiger partial charge >= 0.3 is 6.18 Å². The molecule has 2 aromatic carbocycles. The molecule has 2 aromatic heterocycles. The third-order valence-corrected chi connectivity index (χ3v) is 5.11. The maximum Gasteiger partial charge on any atom is 0.433 e. The zero-order valence-corrected chi connectivity index (χ0v) is 16.9. The SMILES string of the molecule is Cc1nc(C(F)(F)F)ccc1C(=O)NC(Cn1cnc2ccccc21)c1ccc(F)cc1. The van der Waals surface area contributed by atoms with Gasteiger partial charge in [0.05, 0.1) is 34.7 Å². The minimum absolute atomic E-state index is 0.0283. The van der Waals surface area contributed by atoms with E-state index >= 15 is 0 Å². The first-order valence-electron chi connectivity index (χ1n) is 9.73. The summed E-state index contributed by atoms with van der Waals surface area (Å²) in [7, 11) is 0. The highest BCUT2D eigenvalue weighted by Crippen LogP contribution is 2.28. The van der Waals surface area contributed by atoms with Crippen molar-refractivity contribution in [2.75, 3.05) is 0 Å². The van der Waals surface area contributed by atoms with Crippen molar-refractivity contribution in [1.29, 1.82) is 0 Å². The summed E-state index contributed by atoms with van der Waals surface area (Å²) < 4.78 is 54.0. The number of para-hydroxylation sites is 2. The number of rotatable bonds is 5. The van der Waals surface area contributed by atoms with Crippen molar-refractivity contribution >= 4 is 16.9 Å². The first-order valence-corrected chi connectivity index (χ1v) is 9.73. The molecule has 5 nitrogen and oxygen atoms in total. The van der Waals surface area contributed by atoms with Crippen LogP contribution in [-0.2, 0) is 12.7 Å². The number of hydrogen-bond donors (Lipinski definition) is 1. The van der Waals surface area contributed by atoms with Gasteiger partial charge in [-0.15, -0.1) is 0 Å². The second kappa shape index (κ2) is 8.41. The Bertz CT molecular complexity index is 1270. The van der Waals surface area contributed by atoms with E-state index in [2.05, 4.69) is 15.3 Å². The highest BCUT2D eigenvalue weighted by atomic mass is 19.4. The molecule has 4 aromatic rings. The lowest BCUT2D eigenvalue weighted by molar-refractivity contribution is -0.141. The van der Waals surface area contributed by atoms with Gasteiger partial charge in [0.15, 0.2) is 0 Å². The molecule has 0 aliphatic rings. The molecule has 9 heteroatoms. The summed E-state index contributed by atoms with van der Waals surface area (Å²) in [6.45, 7) is 1.63. The van der Waals surface area contributed by atoms with E-state index in [0.717, 1.165) is 23.2 Å². The van der Waals surface area contributed by atoms with E-state index in [1.165, 1.54) is 19.1 Å². The van der Waals surface area contributed by atoms with E-state index in [4.69, 9.17) is 0 Å². The van der Waals surface area contributed by atoms with Gasteiger partial charge < -0.3 is 9.88 Å². The van der Waals surface area contributed by atoms with Crippen molar-refractivity contribution in [3.05, 3.63) is 95.3 Å². The standard InChI is InChI=1S/C23H18F4N4O/c1-14-17(10-11-21(29-14)23(25,26)27)22(32)30-19(15-6-8-16(24)9-7-15)12-31-13-28-18-4-2-3-5-20(18)31/h2-11,13,19H,12H2,1H3,(H,30,32). The maximum atomic E-state index is 13.4. The molecule has 164 valence electrons. The third-order valence-electron chi connectivity index (χ3n) is 5.11. The zero-order chi connectivity index (χ0) is 22.9. The lowest BCUT2D eigenvalue weighted by atomic mass is 10.1. The first kappa shape index (κ1) is 21.5. The Hall–Kier alpha value is -3.75. The average Bonchev–Trinajstić information content (AvgIpc) is 3.16. The summed E-state index contributed by atoms with van der Waals surface area (Å²) in [5.41, 5.74) is 1.19. The highest BCUT2D eigenvalue weighted by Gasteiger charge is 2.33. The Morgan fingerprint density at radius 3 is 2.47 bits per heavy atom. The lowest BCUT2D eigenvalue weighted by Crippen LogP contribution is -2.32. The van der Waals surface area contributed by atoms with E-state index < -0.39 is 29.6 Å². The zero-order valence-electron chi connectivity index (χ0n) is 16.9. The molecule has 1 amide bonds. The number of pyridine rings is 1. The number of aromatic nitrogens is 3. The number of fused-ring (bicyclic) bond motifs is 1. The Labute approximate surface area is 180 Å². The van der Waals surface area contributed by atoms with Crippen molar-refractivity contribution in [2.45, 2.75) is 25.7 Å². The van der Waals surface area contributed by atoms with Gasteiger partial charge in [-0.1, -0.05) is 24.3 Å². The van der Waals surface area contributed by atoms with Crippen LogP contribution >= 0.6 is 0 Å². The van der Waals surface area contributed by atoms with Crippen LogP contribution in [0.25, 0.3) is 11.0 Å². The molecule has 0 saturated heterocycles. The van der Waals surface area contributed by atoms with Crippen LogP contribution in [-0.4, -0.2) is 20.4 Å². The number of carbonyl (C=O) groups excluding carboxylic acids is 1. The van der Waals surface area contributed by atoms with Gasteiger partial charge in [-0.25, -0.2) is 14.4 Å². The second-order valence-electron chi connectivity index (χ2n) is 7.29. The van der Waals surface area contributed by atoms with E-state index in [0.29, 0.717) is 5.56 Å². The molecule has 0 aliphatic heterocycles. The number of aryl methyl sites for hydroxylation is 1. The van der Waals surface area contributed by atoms with Crippen LogP contribution in [0.2, 0.25) is 0 Å². The normalized spacial score (nSPS) is 12.7. The number of imidazole rings is 1. The Balaban J connectivity index is 1.65. The Kier molecular flexibility index (Phi) is 5.65. The number of halogens is 4. The average molecular weight is 442 g/mol. The number of amides is 1. The van der Waals surface area contributed by atoms with E-state index in [9.17, 15) is 22.4 Å². The minimum Gasteiger partial charge on any atom is -0.343 e. The summed E-state index contributed by atoms with van der Waals surface area (Å²) >= 11 is 0. The van der Waals surface area contributed by atoms with Gasteiger partial charge in [0.2, 0.25) is 0 Å². The molecule has 4 rings (SSSR count). The fourth-order valence-electron chi connectivity index (χ4n) is 3.48. The van der Waals surface area contributed by atoms with Gasteiger partial charge in [-0.3, -0.25) is 4.79 Å². The summed E-state index contributed by atoms with van der Waals surface area (Å²) in [6.07, 6.45) is -2.96. The molecule has 0 spiro atoms. The lowest BCUT2D eigenvalue weighted by Gasteiger charge is -2.21. The maximum absolute atomic E-state index is 13.4. The largest absolute Gasteiger partial charge is 0.433 e. The van der Waals surface area contributed by atoms with Crippen LogP contribution < -0.4 is 5.32 Å². The first-order chi connectivity index (χ1) is 15.2. The topological polar surface area (TPSA) is 59.8 Å². The molecular formula is C23H18F4N4O. The number of carbonyl (C=O) groups is 1. The summed E-state index contributed by atoms with van der Waals surface area (Å²) in [4.78, 5) is 20.8. The number of benzene rings is 2. The predicted molar refractivity (Wildman–Crippen MR) is 110 cm³/mol. The molecule has 0 saturated carbocycles. The van der Waals surface area contributed by atoms with Crippen LogP contribution in [0.5, 0.6) is 0 Å². The minimum atomic E-state index is -4.60. The van der Waals surface area contributed by atoms with Crippen LogP contribution in [0.3, 0.4) is 0 Å². The Morgan fingerprint density at radius 1 is 1.06 bits per heavy atom. The smallest absolute Gasteiger partial charge is 0.343 e. The Morgan fingerprint density at radius 2 is 1.78 bits per heavy atom. The molecule has 1 atom stereocenters.